The fourth-order valence-electron chi connectivity index (χ4n) is 6.84. The number of hydrogen-bond acceptors (Lipinski definition) is 4. The van der Waals surface area contributed by atoms with Crippen molar-refractivity contribution in [2.45, 2.75) is 51.9 Å². The van der Waals surface area contributed by atoms with Crippen molar-refractivity contribution in [2.24, 2.45) is 10.8 Å². The van der Waals surface area contributed by atoms with Crippen LogP contribution in [-0.4, -0.2) is 45.0 Å². The van der Waals surface area contributed by atoms with Crippen molar-refractivity contribution in [3.05, 3.63) is 91.9 Å². The number of nitrogens with zero attached hydrogens (tertiary/aromatic N) is 3. The maximum atomic E-state index is 13.7. The summed E-state index contributed by atoms with van der Waals surface area (Å²) in [4.78, 5) is 28.5. The van der Waals surface area contributed by atoms with Crippen LogP contribution in [0.2, 0.25) is 5.02 Å². The molecule has 7 rings (SSSR count). The number of aliphatic hydroxyl groups is 1. The van der Waals surface area contributed by atoms with Crippen LogP contribution in [0, 0.1) is 22.5 Å². The van der Waals surface area contributed by atoms with E-state index in [2.05, 4.69) is 5.32 Å². The fraction of sp³-hybridized carbons (Fsp3) is 0.448. The molecule has 206 valence electrons. The molecule has 1 aromatic heterocycles. The summed E-state index contributed by atoms with van der Waals surface area (Å²) >= 11 is 6.05. The Labute approximate surface area is 230 Å². The highest BCUT2D eigenvalue weighted by molar-refractivity contribution is 6.30. The highest BCUT2D eigenvalue weighted by Crippen LogP contribution is 2.73. The Morgan fingerprint density at radius 2 is 1.69 bits per heavy atom. The second-order valence-corrected chi connectivity index (χ2v) is 11.9. The minimum Gasteiger partial charge on any atom is -0.396 e. The second kappa shape index (κ2) is 9.87. The van der Waals surface area contributed by atoms with Crippen molar-refractivity contribution < 1.29 is 18.7 Å². The van der Waals surface area contributed by atoms with Gasteiger partial charge in [-0.25, -0.2) is 13.5 Å². The van der Waals surface area contributed by atoms with Crippen LogP contribution in [0.25, 0.3) is 0 Å². The lowest BCUT2D eigenvalue weighted by molar-refractivity contribution is -0.220. The van der Waals surface area contributed by atoms with E-state index in [1.54, 1.807) is 16.8 Å². The molecule has 0 spiro atoms. The molecule has 3 fully saturated rings. The molecule has 0 unspecified atom stereocenters. The highest BCUT2D eigenvalue weighted by Gasteiger charge is 2.70. The van der Waals surface area contributed by atoms with Crippen LogP contribution in [0.5, 0.6) is 0 Å². The molecule has 1 aliphatic heterocycles. The van der Waals surface area contributed by atoms with Gasteiger partial charge < -0.3 is 10.4 Å². The molecule has 3 aliphatic carbocycles. The smallest absolute Gasteiger partial charge is 0.271 e. The van der Waals surface area contributed by atoms with E-state index in [9.17, 15) is 23.5 Å². The first-order chi connectivity index (χ1) is 18.7. The predicted molar refractivity (Wildman–Crippen MR) is 142 cm³/mol. The van der Waals surface area contributed by atoms with Crippen molar-refractivity contribution in [1.29, 1.82) is 0 Å². The molecular formula is C29H31ClF2N4O3. The highest BCUT2D eigenvalue weighted by atomic mass is 35.5. The van der Waals surface area contributed by atoms with E-state index >= 15 is 0 Å². The Kier molecular flexibility index (Phi) is 6.64. The Hall–Kier alpha value is -3.01. The van der Waals surface area contributed by atoms with Gasteiger partial charge in [-0.1, -0.05) is 23.7 Å². The fourth-order valence-corrected chi connectivity index (χ4v) is 6.96. The minimum atomic E-state index is -0.619. The van der Waals surface area contributed by atoms with E-state index in [0.29, 0.717) is 61.8 Å². The van der Waals surface area contributed by atoms with Crippen molar-refractivity contribution >= 4 is 17.5 Å². The summed E-state index contributed by atoms with van der Waals surface area (Å²) in [6, 6.07) is 10.8. The zero-order valence-electron chi connectivity index (χ0n) is 21.6. The molecule has 3 saturated carbocycles. The van der Waals surface area contributed by atoms with Crippen molar-refractivity contribution in [3.8, 4) is 0 Å². The average Bonchev–Trinajstić information content (AvgIpc) is 3.09. The van der Waals surface area contributed by atoms with Crippen LogP contribution in [0.4, 0.5) is 8.78 Å². The molecular weight excluding hydrogens is 526 g/mol. The number of nitrogens with one attached hydrogen (secondary N) is 1. The lowest BCUT2D eigenvalue weighted by atomic mass is 9.35. The maximum Gasteiger partial charge on any atom is 0.271 e. The molecule has 2 bridgehead atoms. The van der Waals surface area contributed by atoms with Gasteiger partial charge in [-0.05, 0) is 60.1 Å². The monoisotopic (exact) mass is 556 g/mol. The molecule has 7 nitrogen and oxygen atoms in total. The first-order valence-corrected chi connectivity index (χ1v) is 13.7. The van der Waals surface area contributed by atoms with Crippen molar-refractivity contribution in [1.82, 2.24) is 19.6 Å². The van der Waals surface area contributed by atoms with Crippen LogP contribution in [0.3, 0.4) is 0 Å². The Bertz CT molecular complexity index is 1440. The van der Waals surface area contributed by atoms with Gasteiger partial charge in [0.05, 0.1) is 24.1 Å². The normalized spacial score (nSPS) is 23.6. The van der Waals surface area contributed by atoms with E-state index in [1.165, 1.54) is 12.1 Å². The SMILES string of the molecule is O=C(NCCn1c2c(c(=O)n1Cc1ccc(Cl)cc1)CN(Cc1cc(F)cc(F)c1)CC2)C12CC(CO)(C1)C2. The standard InChI is InChI=1S/C29H31ClF2N4O3/c30-21-3-1-19(2-4-21)13-36-26(38)24-14-34(12-20-9-22(31)11-23(32)10-20)7-5-25(24)35(36)8-6-33-27(39)29-15-28(16-29,17-29)18-37/h1-4,9-11,37H,5-8,12-18H2,(H,33,39). The number of rotatable bonds is 9. The molecule has 0 radical (unpaired) electrons. The van der Waals surface area contributed by atoms with Crippen LogP contribution < -0.4 is 10.9 Å². The van der Waals surface area contributed by atoms with Crippen LogP contribution in [0.1, 0.15) is 41.6 Å². The van der Waals surface area contributed by atoms with E-state index in [0.717, 1.165) is 36.6 Å². The van der Waals surface area contributed by atoms with Gasteiger partial charge >= 0.3 is 0 Å². The molecule has 0 atom stereocenters. The molecule has 39 heavy (non-hydrogen) atoms. The zero-order chi connectivity index (χ0) is 27.4. The van der Waals surface area contributed by atoms with E-state index in [1.807, 2.05) is 21.7 Å². The molecule has 2 heterocycles. The average molecular weight is 557 g/mol. The summed E-state index contributed by atoms with van der Waals surface area (Å²) in [5.74, 6) is -1.21. The van der Waals surface area contributed by atoms with E-state index in [-0.39, 0.29) is 28.9 Å². The van der Waals surface area contributed by atoms with Crippen molar-refractivity contribution in [2.75, 3.05) is 19.7 Å². The van der Waals surface area contributed by atoms with Crippen LogP contribution >= 0.6 is 11.6 Å². The predicted octanol–water partition coefficient (Wildman–Crippen LogP) is 3.47. The van der Waals surface area contributed by atoms with Gasteiger partial charge in [0.25, 0.3) is 5.56 Å². The number of carbonyl (C=O) groups excluding carboxylic acids is 1. The van der Waals surface area contributed by atoms with Gasteiger partial charge in [-0.15, -0.1) is 0 Å². The van der Waals surface area contributed by atoms with Gasteiger partial charge in [-0.3, -0.25) is 19.2 Å². The zero-order valence-corrected chi connectivity index (χ0v) is 22.3. The summed E-state index contributed by atoms with van der Waals surface area (Å²) in [5.41, 5.74) is 2.56. The minimum absolute atomic E-state index is 0.0268. The van der Waals surface area contributed by atoms with Gasteiger partial charge in [0.1, 0.15) is 11.6 Å². The Balaban J connectivity index is 1.21. The van der Waals surface area contributed by atoms with E-state index < -0.39 is 11.6 Å². The number of fused-ring (bicyclic) bond motifs is 1. The second-order valence-electron chi connectivity index (χ2n) is 11.5. The molecule has 3 aromatic rings. The van der Waals surface area contributed by atoms with Gasteiger partial charge in [0, 0.05) is 56.0 Å². The summed E-state index contributed by atoms with van der Waals surface area (Å²) in [6.45, 7) is 2.67. The lowest BCUT2D eigenvalue weighted by Gasteiger charge is -2.68. The van der Waals surface area contributed by atoms with Crippen LogP contribution in [-0.2, 0) is 37.4 Å². The van der Waals surface area contributed by atoms with E-state index in [4.69, 9.17) is 11.6 Å². The van der Waals surface area contributed by atoms with Gasteiger partial charge in [-0.2, -0.15) is 0 Å². The third kappa shape index (κ3) is 4.81. The third-order valence-electron chi connectivity index (χ3n) is 8.63. The summed E-state index contributed by atoms with van der Waals surface area (Å²) < 4.78 is 31.1. The first kappa shape index (κ1) is 26.2. The van der Waals surface area contributed by atoms with Crippen LogP contribution in [0.15, 0.2) is 47.3 Å². The molecule has 1 amide bonds. The summed E-state index contributed by atoms with van der Waals surface area (Å²) in [6.07, 6.45) is 2.83. The molecule has 4 aliphatic rings. The Morgan fingerprint density at radius 3 is 2.36 bits per heavy atom. The number of amides is 1. The number of hydrogen-bond donors (Lipinski definition) is 2. The number of carbonyl (C=O) groups is 1. The van der Waals surface area contributed by atoms with Crippen molar-refractivity contribution in [3.63, 3.8) is 0 Å². The quantitative estimate of drug-likeness (QED) is 0.423. The Morgan fingerprint density at radius 1 is 1.00 bits per heavy atom. The number of aliphatic hydroxyl groups excluding tert-OH is 1. The number of aromatic nitrogens is 2. The number of benzene rings is 2. The van der Waals surface area contributed by atoms with Gasteiger partial charge in [0.15, 0.2) is 0 Å². The maximum absolute atomic E-state index is 13.7. The molecule has 2 aromatic carbocycles. The molecule has 2 N–H and O–H groups in total. The number of halogens is 3. The largest absolute Gasteiger partial charge is 0.396 e. The lowest BCUT2D eigenvalue weighted by Crippen LogP contribution is -2.69. The van der Waals surface area contributed by atoms with Gasteiger partial charge in [0.2, 0.25) is 5.91 Å². The first-order valence-electron chi connectivity index (χ1n) is 13.3. The summed E-state index contributed by atoms with van der Waals surface area (Å²) in [5, 5.41) is 13.2. The molecule has 0 saturated heterocycles. The molecule has 10 heteroatoms. The summed E-state index contributed by atoms with van der Waals surface area (Å²) in [7, 11) is 0. The topological polar surface area (TPSA) is 79.5 Å². The third-order valence-corrected chi connectivity index (χ3v) is 8.88.